The zero-order valence-electron chi connectivity index (χ0n) is 10.6. The van der Waals surface area contributed by atoms with E-state index in [-0.39, 0.29) is 24.9 Å². The molecule has 0 spiro atoms. The van der Waals surface area contributed by atoms with Crippen molar-refractivity contribution in [3.8, 4) is 0 Å². The van der Waals surface area contributed by atoms with Gasteiger partial charge in [-0.25, -0.2) is 4.79 Å². The van der Waals surface area contributed by atoms with E-state index in [1.54, 1.807) is 0 Å². The fourth-order valence-electron chi connectivity index (χ4n) is 1.96. The number of ether oxygens (including phenoxy) is 1. The van der Waals surface area contributed by atoms with Crippen LogP contribution in [0.4, 0.5) is 4.79 Å². The molecule has 0 bridgehead atoms. The topological polar surface area (TPSA) is 116 Å². The Morgan fingerprint density at radius 3 is 2.33 bits per heavy atom. The molecule has 0 aromatic rings. The van der Waals surface area contributed by atoms with Gasteiger partial charge in [-0.3, -0.25) is 9.59 Å². The molecule has 2 unspecified atom stereocenters. The molecule has 1 saturated heterocycles. The number of urea groups is 1. The molecule has 18 heavy (non-hydrogen) atoms. The monoisotopic (exact) mass is 257 g/mol. The van der Waals surface area contributed by atoms with Gasteiger partial charge in [0, 0.05) is 12.8 Å². The summed E-state index contributed by atoms with van der Waals surface area (Å²) in [6, 6.07) is -1.53. The number of carbonyl (C=O) groups excluding carboxylic acids is 3. The van der Waals surface area contributed by atoms with E-state index in [1.165, 1.54) is 0 Å². The molecule has 2 atom stereocenters. The minimum absolute atomic E-state index is 0.118. The van der Waals surface area contributed by atoms with Crippen LogP contribution in [0.3, 0.4) is 0 Å². The van der Waals surface area contributed by atoms with Crippen molar-refractivity contribution >= 4 is 17.9 Å². The first kappa shape index (κ1) is 14.3. The fraction of sp³-hybridized carbons (Fsp3) is 0.727. The highest BCUT2D eigenvalue weighted by atomic mass is 16.5. The molecule has 102 valence electrons. The summed E-state index contributed by atoms with van der Waals surface area (Å²) in [5, 5.41) is 0. The first-order valence-corrected chi connectivity index (χ1v) is 5.86. The highest BCUT2D eigenvalue weighted by Crippen LogP contribution is 2.20. The minimum Gasteiger partial charge on any atom is -0.460 e. The van der Waals surface area contributed by atoms with E-state index in [2.05, 4.69) is 0 Å². The van der Waals surface area contributed by atoms with Gasteiger partial charge in [-0.15, -0.1) is 0 Å². The number of hydrogen-bond acceptors (Lipinski definition) is 4. The van der Waals surface area contributed by atoms with Gasteiger partial charge in [-0.1, -0.05) is 13.8 Å². The van der Waals surface area contributed by atoms with Crippen molar-refractivity contribution in [1.29, 1.82) is 0 Å². The number of likely N-dealkylation sites (tertiary alicyclic amines) is 1. The molecule has 0 aromatic carbocycles. The Morgan fingerprint density at radius 1 is 1.33 bits per heavy atom. The Morgan fingerprint density at radius 2 is 1.94 bits per heavy atom. The third-order valence-corrected chi connectivity index (χ3v) is 2.75. The summed E-state index contributed by atoms with van der Waals surface area (Å²) in [5.41, 5.74) is 10.3. The summed E-state index contributed by atoms with van der Waals surface area (Å²) in [4.78, 5) is 34.9. The first-order chi connectivity index (χ1) is 8.31. The first-order valence-electron chi connectivity index (χ1n) is 5.86. The molecule has 0 saturated carbocycles. The van der Waals surface area contributed by atoms with Crippen molar-refractivity contribution in [2.45, 2.75) is 38.8 Å². The molecule has 1 rings (SSSR count). The number of carbonyl (C=O) groups is 3. The predicted octanol–water partition coefficient (Wildman–Crippen LogP) is -0.417. The average molecular weight is 257 g/mol. The molecule has 1 aliphatic heterocycles. The van der Waals surface area contributed by atoms with Crippen molar-refractivity contribution in [3.63, 3.8) is 0 Å². The van der Waals surface area contributed by atoms with Crippen molar-refractivity contribution in [3.05, 3.63) is 0 Å². The lowest BCUT2D eigenvalue weighted by Gasteiger charge is -2.18. The van der Waals surface area contributed by atoms with E-state index >= 15 is 0 Å². The van der Waals surface area contributed by atoms with Crippen molar-refractivity contribution in [1.82, 2.24) is 4.90 Å². The fourth-order valence-corrected chi connectivity index (χ4v) is 1.96. The number of nitrogens with zero attached hydrogens (tertiary/aromatic N) is 1. The molecule has 0 radical (unpaired) electrons. The van der Waals surface area contributed by atoms with Crippen LogP contribution in [0.5, 0.6) is 0 Å². The van der Waals surface area contributed by atoms with Crippen molar-refractivity contribution < 1.29 is 19.1 Å². The Kier molecular flexibility index (Phi) is 4.52. The maximum Gasteiger partial charge on any atom is 0.315 e. The smallest absolute Gasteiger partial charge is 0.315 e. The van der Waals surface area contributed by atoms with Crippen LogP contribution in [-0.4, -0.2) is 41.5 Å². The Hall–Kier alpha value is -1.79. The predicted molar refractivity (Wildman–Crippen MR) is 63.2 cm³/mol. The summed E-state index contributed by atoms with van der Waals surface area (Å²) >= 11 is 0. The van der Waals surface area contributed by atoms with Gasteiger partial charge in [0.2, 0.25) is 5.91 Å². The Balaban J connectivity index is 2.58. The second-order valence-electron chi connectivity index (χ2n) is 4.85. The number of hydrogen-bond donors (Lipinski definition) is 2. The zero-order chi connectivity index (χ0) is 13.9. The Labute approximate surface area is 105 Å². The van der Waals surface area contributed by atoms with E-state index in [0.717, 1.165) is 4.90 Å². The average Bonchev–Trinajstić information content (AvgIpc) is 2.60. The van der Waals surface area contributed by atoms with E-state index in [9.17, 15) is 14.4 Å². The summed E-state index contributed by atoms with van der Waals surface area (Å²) < 4.78 is 5.19. The maximum absolute atomic E-state index is 11.5. The van der Waals surface area contributed by atoms with Crippen LogP contribution in [-0.2, 0) is 14.3 Å². The van der Waals surface area contributed by atoms with Gasteiger partial charge >= 0.3 is 12.0 Å². The summed E-state index contributed by atoms with van der Waals surface area (Å²) in [6.45, 7) is 3.92. The number of primary amides is 2. The van der Waals surface area contributed by atoms with Gasteiger partial charge in [0.1, 0.15) is 12.1 Å². The second kappa shape index (κ2) is 5.70. The van der Waals surface area contributed by atoms with Crippen LogP contribution >= 0.6 is 0 Å². The van der Waals surface area contributed by atoms with Gasteiger partial charge in [0.25, 0.3) is 0 Å². The molecular weight excluding hydrogens is 238 g/mol. The molecular formula is C11H19N3O4. The maximum atomic E-state index is 11.5. The van der Waals surface area contributed by atoms with Gasteiger partial charge in [0.05, 0.1) is 6.54 Å². The molecule has 4 N–H and O–H groups in total. The highest BCUT2D eigenvalue weighted by Gasteiger charge is 2.39. The van der Waals surface area contributed by atoms with Gasteiger partial charge < -0.3 is 21.1 Å². The molecule has 7 heteroatoms. The minimum atomic E-state index is -0.792. The lowest BCUT2D eigenvalue weighted by molar-refractivity contribution is -0.149. The number of esters is 1. The highest BCUT2D eigenvalue weighted by molar-refractivity contribution is 5.86. The number of nitrogens with two attached hydrogens (primary N) is 2. The third-order valence-electron chi connectivity index (χ3n) is 2.75. The molecule has 1 heterocycles. The van der Waals surface area contributed by atoms with Crippen LogP contribution < -0.4 is 11.5 Å². The van der Waals surface area contributed by atoms with Crippen molar-refractivity contribution in [2.75, 3.05) is 6.54 Å². The van der Waals surface area contributed by atoms with Crippen LogP contribution in [0, 0.1) is 5.92 Å². The van der Waals surface area contributed by atoms with Gasteiger partial charge in [-0.2, -0.15) is 0 Å². The summed E-state index contributed by atoms with van der Waals surface area (Å²) in [5.74, 6) is -0.793. The molecule has 1 fully saturated rings. The van der Waals surface area contributed by atoms with E-state index in [4.69, 9.17) is 16.2 Å². The van der Waals surface area contributed by atoms with E-state index < -0.39 is 24.1 Å². The van der Waals surface area contributed by atoms with Gasteiger partial charge in [-0.05, 0) is 5.92 Å². The third kappa shape index (κ3) is 3.61. The quantitative estimate of drug-likeness (QED) is 0.665. The molecule has 1 aliphatic rings. The Bertz CT molecular complexity index is 334. The van der Waals surface area contributed by atoms with Crippen LogP contribution in [0.15, 0.2) is 0 Å². The van der Waals surface area contributed by atoms with Crippen LogP contribution in [0.1, 0.15) is 26.7 Å². The molecule has 0 aliphatic carbocycles. The summed E-state index contributed by atoms with van der Waals surface area (Å²) in [6.07, 6.45) is -0.00240. The second-order valence-corrected chi connectivity index (χ2v) is 4.85. The lowest BCUT2D eigenvalue weighted by atomic mass is 10.1. The van der Waals surface area contributed by atoms with Gasteiger partial charge in [0.15, 0.2) is 0 Å². The molecule has 3 amide bonds. The standard InChI is InChI=1S/C11H19N3O4/c1-6(2)3-9(15)18-7-4-8(10(12)16)14(5-7)11(13)17/h6-8H,3-5H2,1-2H3,(H2,12,16)(H2,13,17). The number of rotatable bonds is 4. The van der Waals surface area contributed by atoms with Crippen molar-refractivity contribution in [2.24, 2.45) is 17.4 Å². The number of amides is 3. The SMILES string of the molecule is CC(C)CC(=O)OC1CC(C(N)=O)N(C(N)=O)C1. The zero-order valence-corrected chi connectivity index (χ0v) is 10.6. The van der Waals surface area contributed by atoms with Crippen LogP contribution in [0.2, 0.25) is 0 Å². The van der Waals surface area contributed by atoms with Crippen LogP contribution in [0.25, 0.3) is 0 Å². The summed E-state index contributed by atoms with van der Waals surface area (Å²) in [7, 11) is 0. The van der Waals surface area contributed by atoms with E-state index in [0.29, 0.717) is 6.42 Å². The molecule has 0 aromatic heterocycles. The molecule has 7 nitrogen and oxygen atoms in total. The normalized spacial score (nSPS) is 23.2. The largest absolute Gasteiger partial charge is 0.460 e. The lowest BCUT2D eigenvalue weighted by Crippen LogP contribution is -2.46. The van der Waals surface area contributed by atoms with E-state index in [1.807, 2.05) is 13.8 Å².